The molecule has 0 N–H and O–H groups in total. The van der Waals surface area contributed by atoms with Crippen LogP contribution in [0.3, 0.4) is 0 Å². The Labute approximate surface area is 158 Å². The van der Waals surface area contributed by atoms with E-state index in [2.05, 4.69) is 4.98 Å². The van der Waals surface area contributed by atoms with Crippen molar-refractivity contribution in [2.45, 2.75) is 16.8 Å². The summed E-state index contributed by atoms with van der Waals surface area (Å²) in [6, 6.07) is 11.3. The van der Waals surface area contributed by atoms with E-state index in [0.717, 1.165) is 22.1 Å². The Balaban J connectivity index is 1.51. The highest BCUT2D eigenvalue weighted by Gasteiger charge is 2.26. The average molecular weight is 395 g/mol. The molecule has 8 heteroatoms. The van der Waals surface area contributed by atoms with Crippen molar-refractivity contribution in [2.75, 3.05) is 38.7 Å². The van der Waals surface area contributed by atoms with Gasteiger partial charge in [-0.2, -0.15) is 4.31 Å². The van der Waals surface area contributed by atoms with E-state index in [-0.39, 0.29) is 4.90 Å². The third kappa shape index (κ3) is 4.97. The third-order valence-corrected chi connectivity index (χ3v) is 6.70. The van der Waals surface area contributed by atoms with Gasteiger partial charge in [0.25, 0.3) is 0 Å². The van der Waals surface area contributed by atoms with Crippen LogP contribution in [0.2, 0.25) is 0 Å². The second-order valence-electron chi connectivity index (χ2n) is 5.86. The molecule has 26 heavy (non-hydrogen) atoms. The van der Waals surface area contributed by atoms with Crippen LogP contribution in [0.15, 0.2) is 52.5 Å². The smallest absolute Gasteiger partial charge is 0.244 e. The molecule has 3 rings (SSSR count). The summed E-state index contributed by atoms with van der Waals surface area (Å²) in [6.07, 6.45) is 1.43. The number of ether oxygens (including phenoxy) is 2. The summed E-state index contributed by atoms with van der Waals surface area (Å²) in [5, 5.41) is 0.777. The fraction of sp³-hybridized carbons (Fsp3) is 0.389. The Kier molecular flexibility index (Phi) is 6.53. The van der Waals surface area contributed by atoms with E-state index in [4.69, 9.17) is 9.47 Å². The van der Waals surface area contributed by atoms with E-state index in [1.165, 1.54) is 22.3 Å². The zero-order valence-corrected chi connectivity index (χ0v) is 16.3. The van der Waals surface area contributed by atoms with Gasteiger partial charge in [-0.05, 0) is 36.8 Å². The SMILES string of the molecule is Cc1cccc(OCCSc2ccc(S(=O)(=O)N3CCOCC3)cn2)c1. The summed E-state index contributed by atoms with van der Waals surface area (Å²) < 4.78 is 37.4. The second kappa shape index (κ2) is 8.85. The molecule has 1 saturated heterocycles. The van der Waals surface area contributed by atoms with Crippen LogP contribution in [-0.2, 0) is 14.8 Å². The standard InChI is InChI=1S/C18H22N2O4S2/c1-15-3-2-4-16(13-15)24-11-12-25-18-6-5-17(14-19-18)26(21,22)20-7-9-23-10-8-20/h2-6,13-14H,7-12H2,1H3. The molecule has 1 fully saturated rings. The molecule has 1 aromatic carbocycles. The number of rotatable bonds is 7. The average Bonchev–Trinajstić information content (AvgIpc) is 2.66. The van der Waals surface area contributed by atoms with Gasteiger partial charge in [0, 0.05) is 25.0 Å². The molecular weight excluding hydrogens is 372 g/mol. The first-order valence-corrected chi connectivity index (χ1v) is 10.8. The van der Waals surface area contributed by atoms with Crippen molar-refractivity contribution in [1.82, 2.24) is 9.29 Å². The molecule has 0 atom stereocenters. The summed E-state index contributed by atoms with van der Waals surface area (Å²) in [6.45, 7) is 4.22. The van der Waals surface area contributed by atoms with Gasteiger partial charge in [-0.15, -0.1) is 11.8 Å². The fourth-order valence-electron chi connectivity index (χ4n) is 2.55. The van der Waals surface area contributed by atoms with E-state index in [9.17, 15) is 8.42 Å². The van der Waals surface area contributed by atoms with Crippen LogP contribution in [0.25, 0.3) is 0 Å². The van der Waals surface area contributed by atoms with Crippen LogP contribution >= 0.6 is 11.8 Å². The Bertz CT molecular complexity index is 819. The van der Waals surface area contributed by atoms with E-state index >= 15 is 0 Å². The monoisotopic (exact) mass is 394 g/mol. The summed E-state index contributed by atoms with van der Waals surface area (Å²) in [7, 11) is -3.49. The van der Waals surface area contributed by atoms with Gasteiger partial charge < -0.3 is 9.47 Å². The molecule has 1 aliphatic rings. The van der Waals surface area contributed by atoms with Crippen molar-refractivity contribution in [3.8, 4) is 5.75 Å². The van der Waals surface area contributed by atoms with Crippen LogP contribution in [0.1, 0.15) is 5.56 Å². The van der Waals surface area contributed by atoms with Gasteiger partial charge in [0.1, 0.15) is 10.6 Å². The van der Waals surface area contributed by atoms with Crippen LogP contribution in [-0.4, -0.2) is 56.4 Å². The minimum Gasteiger partial charge on any atom is -0.493 e. The molecular formula is C18H22N2O4S2. The Morgan fingerprint density at radius 1 is 1.23 bits per heavy atom. The van der Waals surface area contributed by atoms with Gasteiger partial charge in [0.2, 0.25) is 10.0 Å². The number of benzene rings is 1. The maximum Gasteiger partial charge on any atom is 0.244 e. The quantitative estimate of drug-likeness (QED) is 0.531. The lowest BCUT2D eigenvalue weighted by atomic mass is 10.2. The lowest BCUT2D eigenvalue weighted by Gasteiger charge is -2.25. The lowest BCUT2D eigenvalue weighted by molar-refractivity contribution is 0.0730. The van der Waals surface area contributed by atoms with Crippen molar-refractivity contribution in [3.05, 3.63) is 48.2 Å². The molecule has 0 radical (unpaired) electrons. The summed E-state index contributed by atoms with van der Waals surface area (Å²) in [5.41, 5.74) is 1.16. The van der Waals surface area contributed by atoms with Gasteiger partial charge in [-0.1, -0.05) is 12.1 Å². The van der Waals surface area contributed by atoms with Crippen molar-refractivity contribution in [1.29, 1.82) is 0 Å². The van der Waals surface area contributed by atoms with Crippen LogP contribution in [0, 0.1) is 6.92 Å². The number of morpholine rings is 1. The molecule has 2 aromatic rings. The number of nitrogens with zero attached hydrogens (tertiary/aromatic N) is 2. The zero-order chi connectivity index (χ0) is 18.4. The molecule has 140 valence electrons. The first-order chi connectivity index (χ1) is 12.6. The summed E-state index contributed by atoms with van der Waals surface area (Å²) >= 11 is 1.53. The van der Waals surface area contributed by atoms with E-state index in [1.54, 1.807) is 12.1 Å². The number of sulfonamides is 1. The first kappa shape index (κ1) is 19.2. The minimum atomic E-state index is -3.49. The van der Waals surface area contributed by atoms with Gasteiger partial charge in [0.15, 0.2) is 0 Å². The molecule has 0 bridgehead atoms. The molecule has 0 unspecified atom stereocenters. The molecule has 0 saturated carbocycles. The molecule has 1 aromatic heterocycles. The molecule has 2 heterocycles. The molecule has 0 spiro atoms. The van der Waals surface area contributed by atoms with E-state index in [1.807, 2.05) is 31.2 Å². The predicted molar refractivity (Wildman–Crippen MR) is 101 cm³/mol. The minimum absolute atomic E-state index is 0.222. The van der Waals surface area contributed by atoms with E-state index < -0.39 is 10.0 Å². The molecule has 0 amide bonds. The van der Waals surface area contributed by atoms with E-state index in [0.29, 0.717) is 32.9 Å². The Hall–Kier alpha value is -1.61. The molecule has 1 aliphatic heterocycles. The number of pyridine rings is 1. The summed E-state index contributed by atoms with van der Waals surface area (Å²) in [4.78, 5) is 4.49. The van der Waals surface area contributed by atoms with Crippen molar-refractivity contribution >= 4 is 21.8 Å². The highest BCUT2D eigenvalue weighted by Crippen LogP contribution is 2.21. The van der Waals surface area contributed by atoms with Gasteiger partial charge in [0.05, 0.1) is 24.8 Å². The largest absolute Gasteiger partial charge is 0.493 e. The number of thioether (sulfide) groups is 1. The number of hydrogen-bond donors (Lipinski definition) is 0. The maximum atomic E-state index is 12.5. The van der Waals surface area contributed by atoms with Gasteiger partial charge in [-0.3, -0.25) is 0 Å². The predicted octanol–water partition coefficient (Wildman–Crippen LogP) is 2.58. The maximum absolute atomic E-state index is 12.5. The van der Waals surface area contributed by atoms with Gasteiger partial charge in [-0.25, -0.2) is 13.4 Å². The molecule has 0 aliphatic carbocycles. The zero-order valence-electron chi connectivity index (χ0n) is 14.6. The van der Waals surface area contributed by atoms with Crippen molar-refractivity contribution < 1.29 is 17.9 Å². The van der Waals surface area contributed by atoms with Gasteiger partial charge >= 0.3 is 0 Å². The normalized spacial score (nSPS) is 15.7. The van der Waals surface area contributed by atoms with Crippen molar-refractivity contribution in [2.24, 2.45) is 0 Å². The third-order valence-electron chi connectivity index (χ3n) is 3.91. The fourth-order valence-corrected chi connectivity index (χ4v) is 4.57. The van der Waals surface area contributed by atoms with Crippen LogP contribution in [0.4, 0.5) is 0 Å². The highest BCUT2D eigenvalue weighted by atomic mass is 32.2. The van der Waals surface area contributed by atoms with Crippen LogP contribution in [0.5, 0.6) is 5.75 Å². The lowest BCUT2D eigenvalue weighted by Crippen LogP contribution is -2.40. The number of hydrogen-bond acceptors (Lipinski definition) is 6. The number of aryl methyl sites for hydroxylation is 1. The molecule has 6 nitrogen and oxygen atoms in total. The summed E-state index contributed by atoms with van der Waals surface area (Å²) in [5.74, 6) is 1.58. The Morgan fingerprint density at radius 2 is 2.04 bits per heavy atom. The highest BCUT2D eigenvalue weighted by molar-refractivity contribution is 7.99. The van der Waals surface area contributed by atoms with Crippen molar-refractivity contribution in [3.63, 3.8) is 0 Å². The Morgan fingerprint density at radius 3 is 2.73 bits per heavy atom. The second-order valence-corrected chi connectivity index (χ2v) is 8.92. The first-order valence-electron chi connectivity index (χ1n) is 8.42. The topological polar surface area (TPSA) is 68.7 Å². The van der Waals surface area contributed by atoms with Crippen LogP contribution < -0.4 is 4.74 Å². The number of aromatic nitrogens is 1.